The van der Waals surface area contributed by atoms with Crippen LogP contribution in [0.25, 0.3) is 0 Å². The second-order valence-corrected chi connectivity index (χ2v) is 4.24. The Bertz CT molecular complexity index is 195. The van der Waals surface area contributed by atoms with Crippen molar-refractivity contribution in [1.29, 1.82) is 0 Å². The first kappa shape index (κ1) is 15.9. The largest absolute Gasteiger partial charge is 0.450 e. The first-order chi connectivity index (χ1) is 8.27. The Balaban J connectivity index is 2.94. The molecule has 0 spiro atoms. The predicted molar refractivity (Wildman–Crippen MR) is 67.4 cm³/mol. The molecule has 0 bridgehead atoms. The van der Waals surface area contributed by atoms with Gasteiger partial charge < -0.3 is 10.5 Å². The normalized spacial score (nSPS) is 10.1. The smallest absolute Gasteiger partial charge is 0.404 e. The fraction of sp³-hybridized carbons (Fsp3) is 0.846. The molecule has 2 N–H and O–H groups in total. The van der Waals surface area contributed by atoms with E-state index in [0.717, 1.165) is 25.7 Å². The summed E-state index contributed by atoms with van der Waals surface area (Å²) in [7, 11) is 0. The molecule has 0 aliphatic carbocycles. The van der Waals surface area contributed by atoms with Gasteiger partial charge in [-0.05, 0) is 12.8 Å². The quantitative estimate of drug-likeness (QED) is 0.535. The molecule has 0 atom stereocenters. The first-order valence-electron chi connectivity index (χ1n) is 6.54. The van der Waals surface area contributed by atoms with Crippen molar-refractivity contribution in [2.24, 2.45) is 5.73 Å². The fourth-order valence-electron chi connectivity index (χ4n) is 1.71. The number of carbonyl (C=O) groups is 1. The summed E-state index contributed by atoms with van der Waals surface area (Å²) in [6, 6.07) is 0. The Kier molecular flexibility index (Phi) is 12.2. The number of nitrogens with two attached hydrogens (primary N) is 1. The summed E-state index contributed by atoms with van der Waals surface area (Å²) in [6.45, 7) is 0.442. The number of amides is 1. The standard InChI is InChI=1S/C13H24NO3/c14-13(16)17-12-10-8-6-4-2-1-3-5-7-9-11-15/h1-10,12H2,(H2,14,16). The van der Waals surface area contributed by atoms with Gasteiger partial charge in [0.1, 0.15) is 0 Å². The average molecular weight is 242 g/mol. The van der Waals surface area contributed by atoms with Crippen molar-refractivity contribution in [3.8, 4) is 0 Å². The van der Waals surface area contributed by atoms with E-state index in [9.17, 15) is 9.59 Å². The van der Waals surface area contributed by atoms with Crippen molar-refractivity contribution in [2.75, 3.05) is 6.61 Å². The molecule has 17 heavy (non-hydrogen) atoms. The molecule has 99 valence electrons. The van der Waals surface area contributed by atoms with Crippen LogP contribution in [0.15, 0.2) is 0 Å². The van der Waals surface area contributed by atoms with Crippen LogP contribution in [-0.4, -0.2) is 19.0 Å². The topological polar surface area (TPSA) is 69.4 Å². The van der Waals surface area contributed by atoms with Crippen LogP contribution < -0.4 is 5.73 Å². The lowest BCUT2D eigenvalue weighted by Crippen LogP contribution is -2.13. The van der Waals surface area contributed by atoms with E-state index in [1.807, 2.05) is 6.29 Å². The molecule has 0 rings (SSSR count). The molecule has 0 saturated heterocycles. The van der Waals surface area contributed by atoms with Crippen molar-refractivity contribution >= 4 is 12.4 Å². The van der Waals surface area contributed by atoms with Crippen LogP contribution in [-0.2, 0) is 9.53 Å². The molecular weight excluding hydrogens is 218 g/mol. The molecular formula is C13H24NO3. The lowest BCUT2D eigenvalue weighted by molar-refractivity contribution is 0.154. The van der Waals surface area contributed by atoms with Gasteiger partial charge in [-0.25, -0.2) is 4.79 Å². The van der Waals surface area contributed by atoms with Gasteiger partial charge in [-0.1, -0.05) is 44.9 Å². The molecule has 0 aliphatic heterocycles. The highest BCUT2D eigenvalue weighted by molar-refractivity contribution is 5.64. The number of ether oxygens (including phenoxy) is 1. The van der Waals surface area contributed by atoms with Crippen LogP contribution in [0.2, 0.25) is 0 Å². The minimum Gasteiger partial charge on any atom is -0.450 e. The number of carbonyl (C=O) groups excluding carboxylic acids is 2. The molecule has 0 aromatic carbocycles. The minimum atomic E-state index is -0.683. The van der Waals surface area contributed by atoms with E-state index in [4.69, 9.17) is 5.73 Å². The molecule has 0 heterocycles. The maximum Gasteiger partial charge on any atom is 0.404 e. The summed E-state index contributed by atoms with van der Waals surface area (Å²) < 4.78 is 4.63. The van der Waals surface area contributed by atoms with Crippen LogP contribution >= 0.6 is 0 Å². The van der Waals surface area contributed by atoms with Gasteiger partial charge in [0.15, 0.2) is 6.29 Å². The summed E-state index contributed by atoms with van der Waals surface area (Å²) in [6.07, 6.45) is 12.1. The third-order valence-corrected chi connectivity index (χ3v) is 2.67. The Morgan fingerprint density at radius 1 is 0.882 bits per heavy atom. The molecule has 4 nitrogen and oxygen atoms in total. The van der Waals surface area contributed by atoms with Crippen molar-refractivity contribution in [2.45, 2.75) is 64.2 Å². The second kappa shape index (κ2) is 13.0. The number of primary amides is 1. The highest BCUT2D eigenvalue weighted by atomic mass is 16.5. The summed E-state index contributed by atoms with van der Waals surface area (Å²) >= 11 is 0. The van der Waals surface area contributed by atoms with Gasteiger partial charge in [-0.2, -0.15) is 0 Å². The lowest BCUT2D eigenvalue weighted by Gasteiger charge is -2.02. The van der Waals surface area contributed by atoms with E-state index in [0.29, 0.717) is 13.0 Å². The van der Waals surface area contributed by atoms with Crippen LogP contribution in [0, 0.1) is 0 Å². The second-order valence-electron chi connectivity index (χ2n) is 4.24. The molecule has 0 aromatic heterocycles. The zero-order valence-corrected chi connectivity index (χ0v) is 10.6. The van der Waals surface area contributed by atoms with Gasteiger partial charge in [-0.15, -0.1) is 0 Å². The first-order valence-corrected chi connectivity index (χ1v) is 6.54. The molecule has 1 amide bonds. The Hall–Kier alpha value is -1.06. The van der Waals surface area contributed by atoms with Crippen molar-refractivity contribution in [3.63, 3.8) is 0 Å². The number of hydrogen-bond acceptors (Lipinski definition) is 3. The van der Waals surface area contributed by atoms with Gasteiger partial charge in [0.05, 0.1) is 6.61 Å². The van der Waals surface area contributed by atoms with Crippen molar-refractivity contribution in [3.05, 3.63) is 0 Å². The highest BCUT2D eigenvalue weighted by Gasteiger charge is 1.95. The number of unbranched alkanes of at least 4 members (excludes halogenated alkanes) is 9. The molecule has 0 unspecified atom stereocenters. The number of hydrogen-bond donors (Lipinski definition) is 1. The summed E-state index contributed by atoms with van der Waals surface area (Å²) in [5.41, 5.74) is 4.84. The average Bonchev–Trinajstić information content (AvgIpc) is 2.30. The van der Waals surface area contributed by atoms with Gasteiger partial charge >= 0.3 is 6.09 Å². The van der Waals surface area contributed by atoms with Crippen LogP contribution in [0.4, 0.5) is 4.79 Å². The monoisotopic (exact) mass is 242 g/mol. The van der Waals surface area contributed by atoms with Crippen LogP contribution in [0.1, 0.15) is 64.2 Å². The zero-order valence-electron chi connectivity index (χ0n) is 10.6. The molecule has 0 aromatic rings. The zero-order chi connectivity index (χ0) is 12.8. The van der Waals surface area contributed by atoms with Gasteiger partial charge in [0, 0.05) is 6.42 Å². The fourth-order valence-corrected chi connectivity index (χ4v) is 1.71. The van der Waals surface area contributed by atoms with Crippen molar-refractivity contribution in [1.82, 2.24) is 0 Å². The van der Waals surface area contributed by atoms with E-state index in [2.05, 4.69) is 4.74 Å². The van der Waals surface area contributed by atoms with E-state index < -0.39 is 6.09 Å². The maximum atomic E-state index is 10.3. The Morgan fingerprint density at radius 2 is 1.35 bits per heavy atom. The van der Waals surface area contributed by atoms with E-state index in [1.54, 1.807) is 0 Å². The predicted octanol–water partition coefficient (Wildman–Crippen LogP) is 3.09. The van der Waals surface area contributed by atoms with Gasteiger partial charge in [-0.3, -0.25) is 4.79 Å². The lowest BCUT2D eigenvalue weighted by atomic mass is 10.1. The summed E-state index contributed by atoms with van der Waals surface area (Å²) in [5.74, 6) is 0. The minimum absolute atomic E-state index is 0.442. The summed E-state index contributed by atoms with van der Waals surface area (Å²) in [5, 5.41) is 0. The summed E-state index contributed by atoms with van der Waals surface area (Å²) in [4.78, 5) is 20.2. The maximum absolute atomic E-state index is 10.3. The molecule has 4 heteroatoms. The molecule has 0 fully saturated rings. The molecule has 0 saturated carbocycles. The van der Waals surface area contributed by atoms with Crippen molar-refractivity contribution < 1.29 is 14.3 Å². The SMILES string of the molecule is NC(=O)OCCCCCCCCCCC[C]=O. The van der Waals surface area contributed by atoms with Crippen LogP contribution in [0.5, 0.6) is 0 Å². The van der Waals surface area contributed by atoms with E-state index in [-0.39, 0.29) is 0 Å². The highest BCUT2D eigenvalue weighted by Crippen LogP contribution is 2.10. The van der Waals surface area contributed by atoms with E-state index in [1.165, 1.54) is 32.1 Å². The molecule has 0 aliphatic rings. The van der Waals surface area contributed by atoms with Crippen LogP contribution in [0.3, 0.4) is 0 Å². The van der Waals surface area contributed by atoms with Gasteiger partial charge in [0.25, 0.3) is 0 Å². The Morgan fingerprint density at radius 3 is 1.82 bits per heavy atom. The number of rotatable bonds is 12. The third-order valence-electron chi connectivity index (χ3n) is 2.67. The van der Waals surface area contributed by atoms with E-state index >= 15 is 0 Å². The third kappa shape index (κ3) is 14.9. The Labute approximate surface area is 104 Å². The van der Waals surface area contributed by atoms with Gasteiger partial charge in [0.2, 0.25) is 0 Å². The molecule has 1 radical (unpaired) electrons.